The summed E-state index contributed by atoms with van der Waals surface area (Å²) in [5, 5.41) is 4.19. The molecule has 0 saturated heterocycles. The van der Waals surface area contributed by atoms with Gasteiger partial charge < -0.3 is 9.88 Å². The van der Waals surface area contributed by atoms with E-state index in [-0.39, 0.29) is 0 Å². The summed E-state index contributed by atoms with van der Waals surface area (Å²) < 4.78 is 2.12. The Balaban J connectivity index is 2.36. The van der Waals surface area contributed by atoms with Crippen molar-refractivity contribution in [1.82, 2.24) is 14.9 Å². The monoisotopic (exact) mass is 277 g/mol. The lowest BCUT2D eigenvalue weighted by Gasteiger charge is -2.13. The molecular weight excluding hydrogens is 258 g/mol. The molecule has 0 amide bonds. The first-order chi connectivity index (χ1) is 9.13. The molecule has 1 heterocycles. The average molecular weight is 278 g/mol. The van der Waals surface area contributed by atoms with Gasteiger partial charge in [0, 0.05) is 17.3 Å². The molecule has 102 valence electrons. The highest BCUT2D eigenvalue weighted by atomic mass is 35.5. The number of aryl methyl sites for hydroxylation is 1. The summed E-state index contributed by atoms with van der Waals surface area (Å²) in [5.74, 6) is 0. The fourth-order valence-electron chi connectivity index (χ4n) is 2.07. The van der Waals surface area contributed by atoms with E-state index >= 15 is 0 Å². The smallest absolute Gasteiger partial charge is 0.0997 e. The summed E-state index contributed by atoms with van der Waals surface area (Å²) >= 11 is 6.11. The van der Waals surface area contributed by atoms with Crippen molar-refractivity contribution < 1.29 is 0 Å². The van der Waals surface area contributed by atoms with Crippen molar-refractivity contribution >= 4 is 11.6 Å². The molecule has 0 atom stereocenters. The molecule has 1 aromatic heterocycles. The lowest BCUT2D eigenvalue weighted by atomic mass is 10.1. The number of aromatic nitrogens is 2. The van der Waals surface area contributed by atoms with Gasteiger partial charge in [-0.05, 0) is 50.6 Å². The number of hydrogen-bond donors (Lipinski definition) is 1. The lowest BCUT2D eigenvalue weighted by molar-refractivity contribution is 0.672. The minimum Gasteiger partial charge on any atom is -0.313 e. The quantitative estimate of drug-likeness (QED) is 0.846. The van der Waals surface area contributed by atoms with Crippen molar-refractivity contribution in [1.29, 1.82) is 0 Å². The molecule has 0 aliphatic carbocycles. The minimum atomic E-state index is 0.770. The normalized spacial score (nSPS) is 10.9. The minimum absolute atomic E-state index is 0.770. The molecule has 0 spiro atoms. The third-order valence-corrected chi connectivity index (χ3v) is 3.53. The standard InChI is InChI=1S/C15H20ClN3/c1-4-7-17-9-13-8-14(16)5-6-15(13)19-10-18-11(2)12(19)3/h5-6,8,10,17H,4,7,9H2,1-3H3. The van der Waals surface area contributed by atoms with Crippen molar-refractivity contribution in [3.8, 4) is 5.69 Å². The molecule has 2 rings (SSSR count). The van der Waals surface area contributed by atoms with Gasteiger partial charge in [0.2, 0.25) is 0 Å². The number of halogens is 1. The number of nitrogens with one attached hydrogen (secondary N) is 1. The van der Waals surface area contributed by atoms with Gasteiger partial charge in [-0.25, -0.2) is 4.98 Å². The van der Waals surface area contributed by atoms with Crippen molar-refractivity contribution in [2.75, 3.05) is 6.54 Å². The van der Waals surface area contributed by atoms with Crippen LogP contribution < -0.4 is 5.32 Å². The molecule has 1 N–H and O–H groups in total. The van der Waals surface area contributed by atoms with Crippen molar-refractivity contribution in [3.63, 3.8) is 0 Å². The molecule has 0 bridgehead atoms. The largest absolute Gasteiger partial charge is 0.313 e. The van der Waals surface area contributed by atoms with Crippen LogP contribution in [0.3, 0.4) is 0 Å². The molecule has 2 aromatic rings. The predicted molar refractivity (Wildman–Crippen MR) is 80.0 cm³/mol. The summed E-state index contributed by atoms with van der Waals surface area (Å²) in [4.78, 5) is 4.36. The van der Waals surface area contributed by atoms with Crippen molar-refractivity contribution in [2.45, 2.75) is 33.7 Å². The fourth-order valence-corrected chi connectivity index (χ4v) is 2.27. The molecule has 0 unspecified atom stereocenters. The van der Waals surface area contributed by atoms with Crippen molar-refractivity contribution in [2.24, 2.45) is 0 Å². The van der Waals surface area contributed by atoms with Crippen LogP contribution in [0.15, 0.2) is 24.5 Å². The zero-order valence-corrected chi connectivity index (χ0v) is 12.5. The summed E-state index contributed by atoms with van der Waals surface area (Å²) in [5.41, 5.74) is 4.56. The van der Waals surface area contributed by atoms with E-state index in [0.29, 0.717) is 0 Å². The van der Waals surface area contributed by atoms with Gasteiger partial charge in [0.15, 0.2) is 0 Å². The van der Waals surface area contributed by atoms with E-state index in [0.717, 1.165) is 35.9 Å². The van der Waals surface area contributed by atoms with E-state index in [2.05, 4.69) is 34.8 Å². The van der Waals surface area contributed by atoms with Crippen LogP contribution in [0.2, 0.25) is 5.02 Å². The molecule has 19 heavy (non-hydrogen) atoms. The molecule has 4 heteroatoms. The Hall–Kier alpha value is -1.32. The summed E-state index contributed by atoms with van der Waals surface area (Å²) in [6.45, 7) is 8.10. The third kappa shape index (κ3) is 3.17. The average Bonchev–Trinajstić information content (AvgIpc) is 2.71. The maximum atomic E-state index is 6.11. The van der Waals surface area contributed by atoms with Gasteiger partial charge in [-0.15, -0.1) is 0 Å². The summed E-state index contributed by atoms with van der Waals surface area (Å²) in [6, 6.07) is 6.00. The van der Waals surface area contributed by atoms with Crippen LogP contribution in [-0.2, 0) is 6.54 Å². The maximum absolute atomic E-state index is 6.11. The van der Waals surface area contributed by atoms with Crippen molar-refractivity contribution in [3.05, 3.63) is 46.5 Å². The second-order valence-electron chi connectivity index (χ2n) is 4.74. The number of nitrogens with zero attached hydrogens (tertiary/aromatic N) is 2. The summed E-state index contributed by atoms with van der Waals surface area (Å²) in [7, 11) is 0. The highest BCUT2D eigenvalue weighted by molar-refractivity contribution is 6.30. The predicted octanol–water partition coefficient (Wildman–Crippen LogP) is 3.64. The number of imidazole rings is 1. The highest BCUT2D eigenvalue weighted by Gasteiger charge is 2.09. The Morgan fingerprint density at radius 2 is 2.11 bits per heavy atom. The van der Waals surface area contributed by atoms with Gasteiger partial charge in [-0.3, -0.25) is 0 Å². The lowest BCUT2D eigenvalue weighted by Crippen LogP contribution is -2.15. The van der Waals surface area contributed by atoms with Crippen LogP contribution in [0.25, 0.3) is 5.69 Å². The van der Waals surface area contributed by atoms with E-state index in [4.69, 9.17) is 11.6 Å². The molecule has 0 saturated carbocycles. The van der Waals surface area contributed by atoms with Gasteiger partial charge in [0.25, 0.3) is 0 Å². The molecule has 0 fully saturated rings. The molecule has 0 aliphatic rings. The van der Waals surface area contributed by atoms with E-state index < -0.39 is 0 Å². The molecule has 1 aromatic carbocycles. The van der Waals surface area contributed by atoms with Gasteiger partial charge in [0.1, 0.15) is 0 Å². The third-order valence-electron chi connectivity index (χ3n) is 3.30. The highest BCUT2D eigenvalue weighted by Crippen LogP contribution is 2.22. The number of benzene rings is 1. The van der Waals surface area contributed by atoms with Crippen LogP contribution >= 0.6 is 11.6 Å². The Labute approximate surface area is 119 Å². The Morgan fingerprint density at radius 1 is 1.32 bits per heavy atom. The zero-order chi connectivity index (χ0) is 13.8. The zero-order valence-electron chi connectivity index (χ0n) is 11.7. The topological polar surface area (TPSA) is 29.9 Å². The Bertz CT molecular complexity index is 561. The van der Waals surface area contributed by atoms with Crippen LogP contribution in [0, 0.1) is 13.8 Å². The molecule has 3 nitrogen and oxygen atoms in total. The van der Waals surface area contributed by atoms with Gasteiger partial charge in [-0.1, -0.05) is 18.5 Å². The van der Waals surface area contributed by atoms with Crippen LogP contribution in [0.5, 0.6) is 0 Å². The van der Waals surface area contributed by atoms with Crippen LogP contribution in [-0.4, -0.2) is 16.1 Å². The summed E-state index contributed by atoms with van der Waals surface area (Å²) in [6.07, 6.45) is 3.00. The first-order valence-corrected chi connectivity index (χ1v) is 7.01. The SMILES string of the molecule is CCCNCc1cc(Cl)ccc1-n1cnc(C)c1C. The van der Waals surface area contributed by atoms with E-state index in [1.165, 1.54) is 11.3 Å². The van der Waals surface area contributed by atoms with E-state index in [1.807, 2.05) is 25.4 Å². The second kappa shape index (κ2) is 6.22. The fraction of sp³-hybridized carbons (Fsp3) is 0.400. The molecular formula is C15H20ClN3. The molecule has 0 radical (unpaired) electrons. The molecule has 0 aliphatic heterocycles. The first kappa shape index (κ1) is 14.1. The van der Waals surface area contributed by atoms with Crippen LogP contribution in [0.1, 0.15) is 30.3 Å². The van der Waals surface area contributed by atoms with Crippen LogP contribution in [0.4, 0.5) is 0 Å². The number of hydrogen-bond acceptors (Lipinski definition) is 2. The first-order valence-electron chi connectivity index (χ1n) is 6.63. The van der Waals surface area contributed by atoms with Gasteiger partial charge in [-0.2, -0.15) is 0 Å². The second-order valence-corrected chi connectivity index (χ2v) is 5.17. The van der Waals surface area contributed by atoms with E-state index in [1.54, 1.807) is 0 Å². The number of rotatable bonds is 5. The van der Waals surface area contributed by atoms with E-state index in [9.17, 15) is 0 Å². The van der Waals surface area contributed by atoms with Gasteiger partial charge >= 0.3 is 0 Å². The van der Waals surface area contributed by atoms with Gasteiger partial charge in [0.05, 0.1) is 17.7 Å². The maximum Gasteiger partial charge on any atom is 0.0997 e. The Kier molecular flexibility index (Phi) is 4.61. The Morgan fingerprint density at radius 3 is 2.74 bits per heavy atom.